The molecule has 76 valence electrons. The molecule has 0 fully saturated rings. The van der Waals surface area contributed by atoms with Gasteiger partial charge in [0, 0.05) is 12.1 Å². The van der Waals surface area contributed by atoms with Crippen LogP contribution in [0.1, 0.15) is 52.4 Å². The molecule has 2 unspecified atom stereocenters. The fourth-order valence-corrected chi connectivity index (χ4v) is 2.03. The van der Waals surface area contributed by atoms with Crippen LogP contribution < -0.4 is 5.32 Å². The Balaban J connectivity index is 2.23. The van der Waals surface area contributed by atoms with Gasteiger partial charge in [0.2, 0.25) is 0 Å². The molecule has 0 bridgehead atoms. The summed E-state index contributed by atoms with van der Waals surface area (Å²) in [4.78, 5) is 0. The Morgan fingerprint density at radius 1 is 1.38 bits per heavy atom. The first-order valence-corrected chi connectivity index (χ1v) is 5.77. The molecule has 1 nitrogen and oxygen atoms in total. The lowest BCUT2D eigenvalue weighted by Crippen LogP contribution is -2.38. The van der Waals surface area contributed by atoms with Crippen molar-refractivity contribution < 1.29 is 0 Å². The highest BCUT2D eigenvalue weighted by Crippen LogP contribution is 2.13. The summed E-state index contributed by atoms with van der Waals surface area (Å²) in [7, 11) is 0. The standard InChI is InChI=1S/C12H23N/c1-3-8-11(4-2)13-12-9-6-5-7-10-12/h5-6,11-13H,3-4,7-10H2,1-2H3. The lowest BCUT2D eigenvalue weighted by atomic mass is 9.99. The molecule has 0 radical (unpaired) electrons. The Labute approximate surface area is 82.6 Å². The lowest BCUT2D eigenvalue weighted by Gasteiger charge is -2.25. The maximum absolute atomic E-state index is 3.76. The number of hydrogen-bond acceptors (Lipinski definition) is 1. The van der Waals surface area contributed by atoms with Gasteiger partial charge in [-0.25, -0.2) is 0 Å². The summed E-state index contributed by atoms with van der Waals surface area (Å²) in [5, 5.41) is 3.76. The van der Waals surface area contributed by atoms with E-state index in [1.807, 2.05) is 0 Å². The van der Waals surface area contributed by atoms with Crippen LogP contribution in [0.4, 0.5) is 0 Å². The highest BCUT2D eigenvalue weighted by atomic mass is 14.9. The van der Waals surface area contributed by atoms with Crippen LogP contribution in [0.5, 0.6) is 0 Å². The molecule has 1 rings (SSSR count). The Hall–Kier alpha value is -0.300. The van der Waals surface area contributed by atoms with Gasteiger partial charge in [-0.2, -0.15) is 0 Å². The summed E-state index contributed by atoms with van der Waals surface area (Å²) < 4.78 is 0. The van der Waals surface area contributed by atoms with Crippen LogP contribution in [-0.2, 0) is 0 Å². The zero-order valence-corrected chi connectivity index (χ0v) is 9.05. The Bertz CT molecular complexity index is 151. The summed E-state index contributed by atoms with van der Waals surface area (Å²) in [6.45, 7) is 4.55. The van der Waals surface area contributed by atoms with Crippen LogP contribution in [0.15, 0.2) is 12.2 Å². The minimum Gasteiger partial charge on any atom is -0.311 e. The number of hydrogen-bond donors (Lipinski definition) is 1. The smallest absolute Gasteiger partial charge is 0.0107 e. The zero-order valence-electron chi connectivity index (χ0n) is 9.05. The zero-order chi connectivity index (χ0) is 9.52. The summed E-state index contributed by atoms with van der Waals surface area (Å²) in [5.74, 6) is 0. The van der Waals surface area contributed by atoms with Gasteiger partial charge < -0.3 is 5.32 Å². The van der Waals surface area contributed by atoms with E-state index in [-0.39, 0.29) is 0 Å². The summed E-state index contributed by atoms with van der Waals surface area (Å²) in [6, 6.07) is 1.50. The molecule has 1 N–H and O–H groups in total. The van der Waals surface area contributed by atoms with Gasteiger partial charge in [0.1, 0.15) is 0 Å². The lowest BCUT2D eigenvalue weighted by molar-refractivity contribution is 0.376. The monoisotopic (exact) mass is 181 g/mol. The summed E-state index contributed by atoms with van der Waals surface area (Å²) in [6.07, 6.45) is 12.4. The third-order valence-corrected chi connectivity index (χ3v) is 2.87. The fraction of sp³-hybridized carbons (Fsp3) is 0.833. The third kappa shape index (κ3) is 3.95. The van der Waals surface area contributed by atoms with Crippen LogP contribution in [0.2, 0.25) is 0 Å². The summed E-state index contributed by atoms with van der Waals surface area (Å²) >= 11 is 0. The molecule has 1 aliphatic rings. The molecule has 0 amide bonds. The van der Waals surface area contributed by atoms with Gasteiger partial charge in [0.05, 0.1) is 0 Å². The molecule has 2 atom stereocenters. The topological polar surface area (TPSA) is 12.0 Å². The first-order valence-electron chi connectivity index (χ1n) is 5.77. The molecule has 0 saturated carbocycles. The molecule has 0 saturated heterocycles. The fourth-order valence-electron chi connectivity index (χ4n) is 2.03. The van der Waals surface area contributed by atoms with E-state index in [0.29, 0.717) is 0 Å². The van der Waals surface area contributed by atoms with E-state index in [0.717, 1.165) is 12.1 Å². The van der Waals surface area contributed by atoms with E-state index in [1.165, 1.54) is 38.5 Å². The predicted molar refractivity (Wildman–Crippen MR) is 58.9 cm³/mol. The number of rotatable bonds is 5. The van der Waals surface area contributed by atoms with Gasteiger partial charge in [0.15, 0.2) is 0 Å². The van der Waals surface area contributed by atoms with Crippen LogP contribution in [0.3, 0.4) is 0 Å². The van der Waals surface area contributed by atoms with Crippen molar-refractivity contribution in [3.05, 3.63) is 12.2 Å². The van der Waals surface area contributed by atoms with Gasteiger partial charge in [-0.05, 0) is 32.1 Å². The normalized spacial score (nSPS) is 24.6. The quantitative estimate of drug-likeness (QED) is 0.642. The molecule has 0 spiro atoms. The van der Waals surface area contributed by atoms with Gasteiger partial charge in [0.25, 0.3) is 0 Å². The number of nitrogens with one attached hydrogen (secondary N) is 1. The van der Waals surface area contributed by atoms with Crippen molar-refractivity contribution in [2.45, 2.75) is 64.5 Å². The van der Waals surface area contributed by atoms with E-state index in [4.69, 9.17) is 0 Å². The second-order valence-corrected chi connectivity index (χ2v) is 4.04. The molecule has 0 aromatic heterocycles. The second kappa shape index (κ2) is 6.20. The van der Waals surface area contributed by atoms with Gasteiger partial charge in [-0.15, -0.1) is 0 Å². The van der Waals surface area contributed by atoms with E-state index in [1.54, 1.807) is 0 Å². The second-order valence-electron chi connectivity index (χ2n) is 4.04. The molecule has 0 aromatic carbocycles. The first-order chi connectivity index (χ1) is 6.36. The highest BCUT2D eigenvalue weighted by Gasteiger charge is 2.13. The highest BCUT2D eigenvalue weighted by molar-refractivity contribution is 4.93. The average Bonchev–Trinajstić information content (AvgIpc) is 2.19. The maximum Gasteiger partial charge on any atom is 0.0107 e. The van der Waals surface area contributed by atoms with Crippen molar-refractivity contribution in [2.24, 2.45) is 0 Å². The molecule has 13 heavy (non-hydrogen) atoms. The van der Waals surface area contributed by atoms with Crippen LogP contribution in [0.25, 0.3) is 0 Å². The van der Waals surface area contributed by atoms with Crippen molar-refractivity contribution in [1.29, 1.82) is 0 Å². The van der Waals surface area contributed by atoms with Crippen LogP contribution in [-0.4, -0.2) is 12.1 Å². The SMILES string of the molecule is CCCC(CC)NC1CC=CCC1. The van der Waals surface area contributed by atoms with Crippen molar-refractivity contribution >= 4 is 0 Å². The summed E-state index contributed by atoms with van der Waals surface area (Å²) in [5.41, 5.74) is 0. The van der Waals surface area contributed by atoms with E-state index < -0.39 is 0 Å². The minimum atomic E-state index is 0.751. The first kappa shape index (κ1) is 10.8. The molecule has 0 aromatic rings. The molecule has 0 aliphatic heterocycles. The van der Waals surface area contributed by atoms with E-state index >= 15 is 0 Å². The molecule has 1 aliphatic carbocycles. The van der Waals surface area contributed by atoms with Gasteiger partial charge in [-0.3, -0.25) is 0 Å². The molecule has 1 heteroatoms. The Morgan fingerprint density at radius 3 is 2.77 bits per heavy atom. The van der Waals surface area contributed by atoms with E-state index in [2.05, 4.69) is 31.3 Å². The van der Waals surface area contributed by atoms with Gasteiger partial charge >= 0.3 is 0 Å². The van der Waals surface area contributed by atoms with Crippen molar-refractivity contribution in [3.8, 4) is 0 Å². The largest absolute Gasteiger partial charge is 0.311 e. The van der Waals surface area contributed by atoms with Gasteiger partial charge in [-0.1, -0.05) is 32.4 Å². The molecular formula is C12H23N. The minimum absolute atomic E-state index is 0.751. The Morgan fingerprint density at radius 2 is 2.23 bits per heavy atom. The molecule has 0 heterocycles. The van der Waals surface area contributed by atoms with Crippen LogP contribution >= 0.6 is 0 Å². The van der Waals surface area contributed by atoms with Crippen molar-refractivity contribution in [3.63, 3.8) is 0 Å². The number of allylic oxidation sites excluding steroid dienone is 1. The maximum atomic E-state index is 3.76. The molecular weight excluding hydrogens is 158 g/mol. The van der Waals surface area contributed by atoms with Crippen LogP contribution in [0, 0.1) is 0 Å². The Kier molecular flexibility index (Phi) is 5.14. The van der Waals surface area contributed by atoms with Crippen molar-refractivity contribution in [2.75, 3.05) is 0 Å². The van der Waals surface area contributed by atoms with E-state index in [9.17, 15) is 0 Å². The third-order valence-electron chi connectivity index (χ3n) is 2.87. The van der Waals surface area contributed by atoms with Crippen molar-refractivity contribution in [1.82, 2.24) is 5.32 Å². The predicted octanol–water partition coefficient (Wildman–Crippen LogP) is 3.26. The average molecular weight is 181 g/mol.